The van der Waals surface area contributed by atoms with Gasteiger partial charge >= 0.3 is 5.97 Å². The van der Waals surface area contributed by atoms with Crippen LogP contribution in [-0.4, -0.2) is 49.4 Å². The standard InChI is InChI=1S/C14H22NO3.ClH/c1-15(2,3)10-13(16)9-14(17)18-11-12-7-5-4-6-8-12;/h4-8,13,16H,9-11H2,1-3H3;1H/q+1;/p-1/t13-;/m1./s1. The third-order valence-electron chi connectivity index (χ3n) is 2.40. The Hall–Kier alpha value is -1.10. The highest BCUT2D eigenvalue weighted by Crippen LogP contribution is 2.04. The van der Waals surface area contributed by atoms with Gasteiger partial charge in [0.25, 0.3) is 0 Å². The lowest BCUT2D eigenvalue weighted by molar-refractivity contribution is -0.873. The molecule has 0 saturated heterocycles. The zero-order chi connectivity index (χ0) is 13.6. The van der Waals surface area contributed by atoms with Crippen LogP contribution in [0.4, 0.5) is 0 Å². The third-order valence-corrected chi connectivity index (χ3v) is 2.40. The molecule has 108 valence electrons. The molecule has 0 aliphatic heterocycles. The van der Waals surface area contributed by atoms with Gasteiger partial charge in [-0.15, -0.1) is 0 Å². The molecular weight excluding hydrogens is 266 g/mol. The second-order valence-electron chi connectivity index (χ2n) is 5.48. The maximum Gasteiger partial charge on any atom is 0.308 e. The van der Waals surface area contributed by atoms with Gasteiger partial charge in [0, 0.05) is 0 Å². The van der Waals surface area contributed by atoms with Gasteiger partial charge in [0.1, 0.15) is 19.3 Å². The van der Waals surface area contributed by atoms with Gasteiger partial charge in [-0.3, -0.25) is 4.79 Å². The molecular formula is C14H22ClNO3. The number of aliphatic hydroxyl groups excluding tert-OH is 1. The molecule has 0 saturated carbocycles. The zero-order valence-electron chi connectivity index (χ0n) is 11.7. The fourth-order valence-corrected chi connectivity index (χ4v) is 1.69. The maximum atomic E-state index is 11.5. The molecule has 1 rings (SSSR count). The molecule has 0 aliphatic carbocycles. The van der Waals surface area contributed by atoms with Crippen LogP contribution in [0.3, 0.4) is 0 Å². The van der Waals surface area contributed by atoms with Gasteiger partial charge in [-0.2, -0.15) is 0 Å². The van der Waals surface area contributed by atoms with Gasteiger partial charge in [0.05, 0.1) is 27.6 Å². The largest absolute Gasteiger partial charge is 1.00 e. The monoisotopic (exact) mass is 287 g/mol. The van der Waals surface area contributed by atoms with Crippen molar-refractivity contribution in [1.29, 1.82) is 0 Å². The first kappa shape index (κ1) is 17.9. The van der Waals surface area contributed by atoms with Crippen LogP contribution < -0.4 is 12.4 Å². The molecule has 1 aromatic carbocycles. The number of hydrogen-bond acceptors (Lipinski definition) is 3. The van der Waals surface area contributed by atoms with Crippen molar-refractivity contribution in [2.75, 3.05) is 27.7 Å². The Morgan fingerprint density at radius 2 is 1.84 bits per heavy atom. The number of carbonyl (C=O) groups is 1. The van der Waals surface area contributed by atoms with E-state index in [-0.39, 0.29) is 31.4 Å². The summed E-state index contributed by atoms with van der Waals surface area (Å²) < 4.78 is 5.73. The van der Waals surface area contributed by atoms with Gasteiger partial charge < -0.3 is 26.7 Å². The first-order valence-electron chi connectivity index (χ1n) is 6.05. The van der Waals surface area contributed by atoms with Gasteiger partial charge in [0.2, 0.25) is 0 Å². The minimum Gasteiger partial charge on any atom is -1.00 e. The minimum atomic E-state index is -0.659. The molecule has 0 unspecified atom stereocenters. The fraction of sp³-hybridized carbons (Fsp3) is 0.500. The number of nitrogens with zero attached hydrogens (tertiary/aromatic N) is 1. The van der Waals surface area contributed by atoms with Crippen LogP contribution >= 0.6 is 0 Å². The van der Waals surface area contributed by atoms with Crippen molar-refractivity contribution >= 4 is 5.97 Å². The van der Waals surface area contributed by atoms with Crippen LogP contribution in [0.2, 0.25) is 0 Å². The highest BCUT2D eigenvalue weighted by atomic mass is 35.5. The number of rotatable bonds is 6. The highest BCUT2D eigenvalue weighted by Gasteiger charge is 2.19. The summed E-state index contributed by atoms with van der Waals surface area (Å²) in [7, 11) is 5.91. The van der Waals surface area contributed by atoms with E-state index in [0.29, 0.717) is 11.0 Å². The van der Waals surface area contributed by atoms with Gasteiger partial charge in [-0.1, -0.05) is 30.3 Å². The molecule has 4 nitrogen and oxygen atoms in total. The van der Waals surface area contributed by atoms with E-state index in [0.717, 1.165) is 5.56 Å². The molecule has 0 heterocycles. The lowest BCUT2D eigenvalue weighted by Gasteiger charge is -2.26. The van der Waals surface area contributed by atoms with E-state index < -0.39 is 6.10 Å². The lowest BCUT2D eigenvalue weighted by Crippen LogP contribution is -3.00. The van der Waals surface area contributed by atoms with Crippen molar-refractivity contribution in [2.24, 2.45) is 0 Å². The molecule has 0 radical (unpaired) electrons. The van der Waals surface area contributed by atoms with Crippen molar-refractivity contribution in [2.45, 2.75) is 19.1 Å². The van der Waals surface area contributed by atoms with Crippen molar-refractivity contribution in [3.05, 3.63) is 35.9 Å². The molecule has 1 atom stereocenters. The quantitative estimate of drug-likeness (QED) is 0.496. The molecule has 5 heteroatoms. The van der Waals surface area contributed by atoms with Crippen molar-refractivity contribution in [3.8, 4) is 0 Å². The summed E-state index contributed by atoms with van der Waals surface area (Å²) in [5, 5.41) is 9.74. The molecule has 1 N–H and O–H groups in total. The number of likely N-dealkylation sites (N-methyl/N-ethyl adjacent to an activating group) is 1. The number of carbonyl (C=O) groups excluding carboxylic acids is 1. The van der Waals surface area contributed by atoms with E-state index in [4.69, 9.17) is 4.74 Å². The van der Waals surface area contributed by atoms with Gasteiger partial charge in [-0.05, 0) is 5.56 Å². The summed E-state index contributed by atoms with van der Waals surface area (Å²) >= 11 is 0. The van der Waals surface area contributed by atoms with Crippen LogP contribution in [0.25, 0.3) is 0 Å². The van der Waals surface area contributed by atoms with E-state index in [9.17, 15) is 9.90 Å². The summed E-state index contributed by atoms with van der Waals surface area (Å²) in [6.07, 6.45) is -0.615. The Labute approximate surface area is 121 Å². The van der Waals surface area contributed by atoms with Gasteiger partial charge in [0.15, 0.2) is 0 Å². The van der Waals surface area contributed by atoms with Crippen molar-refractivity contribution in [1.82, 2.24) is 0 Å². The van der Waals surface area contributed by atoms with Crippen LogP contribution in [0.15, 0.2) is 30.3 Å². The Kier molecular flexibility index (Phi) is 7.68. The number of aliphatic hydroxyl groups is 1. The van der Waals surface area contributed by atoms with Crippen molar-refractivity contribution < 1.29 is 31.5 Å². The van der Waals surface area contributed by atoms with E-state index >= 15 is 0 Å². The van der Waals surface area contributed by atoms with Crippen LogP contribution in [-0.2, 0) is 16.1 Å². The first-order chi connectivity index (χ1) is 8.37. The lowest BCUT2D eigenvalue weighted by atomic mass is 10.2. The number of benzene rings is 1. The molecule has 0 aromatic heterocycles. The normalized spacial score (nSPS) is 12.4. The molecule has 0 amide bonds. The van der Waals surface area contributed by atoms with E-state index in [2.05, 4.69) is 0 Å². The highest BCUT2D eigenvalue weighted by molar-refractivity contribution is 5.69. The summed E-state index contributed by atoms with van der Waals surface area (Å²) in [4.78, 5) is 11.5. The van der Waals surface area contributed by atoms with E-state index in [1.807, 2.05) is 51.5 Å². The smallest absolute Gasteiger partial charge is 0.308 e. The second-order valence-corrected chi connectivity index (χ2v) is 5.48. The third kappa shape index (κ3) is 8.59. The predicted molar refractivity (Wildman–Crippen MR) is 69.8 cm³/mol. The Balaban J connectivity index is 0.00000324. The van der Waals surface area contributed by atoms with E-state index in [1.54, 1.807) is 0 Å². The summed E-state index contributed by atoms with van der Waals surface area (Å²) in [6.45, 7) is 0.789. The average molecular weight is 288 g/mol. The predicted octanol–water partition coefficient (Wildman–Crippen LogP) is -1.81. The maximum absolute atomic E-state index is 11.5. The van der Waals surface area contributed by atoms with Crippen molar-refractivity contribution in [3.63, 3.8) is 0 Å². The van der Waals surface area contributed by atoms with Gasteiger partial charge in [-0.25, -0.2) is 0 Å². The SMILES string of the molecule is C[N+](C)(C)C[C@H](O)CC(=O)OCc1ccccc1.[Cl-]. The zero-order valence-corrected chi connectivity index (χ0v) is 12.4. The average Bonchev–Trinajstić information content (AvgIpc) is 2.25. The minimum absolute atomic E-state index is 0. The fourth-order valence-electron chi connectivity index (χ4n) is 1.69. The summed E-state index contributed by atoms with van der Waals surface area (Å²) in [5.74, 6) is -0.361. The molecule has 0 fully saturated rings. The second kappa shape index (κ2) is 8.15. The molecule has 1 aromatic rings. The van der Waals surface area contributed by atoms with Crippen LogP contribution in [0.1, 0.15) is 12.0 Å². The topological polar surface area (TPSA) is 46.5 Å². The molecule has 0 bridgehead atoms. The molecule has 0 aliphatic rings. The number of quaternary nitrogens is 1. The molecule has 0 spiro atoms. The summed E-state index contributed by atoms with van der Waals surface area (Å²) in [6, 6.07) is 9.51. The number of ether oxygens (including phenoxy) is 1. The van der Waals surface area contributed by atoms with Crippen LogP contribution in [0.5, 0.6) is 0 Å². The Morgan fingerprint density at radius 1 is 1.26 bits per heavy atom. The van der Waals surface area contributed by atoms with E-state index in [1.165, 1.54) is 0 Å². The molecule has 19 heavy (non-hydrogen) atoms. The van der Waals surface area contributed by atoms with Crippen LogP contribution in [0, 0.1) is 0 Å². The first-order valence-corrected chi connectivity index (χ1v) is 6.05. The summed E-state index contributed by atoms with van der Waals surface area (Å²) in [5.41, 5.74) is 0.951. The number of esters is 1. The number of halogens is 1. The Morgan fingerprint density at radius 3 is 2.37 bits per heavy atom. The Bertz CT molecular complexity index is 376. The number of hydrogen-bond donors (Lipinski definition) is 1.